The molecule has 1 fully saturated rings. The van der Waals surface area contributed by atoms with E-state index in [0.717, 1.165) is 6.54 Å². The van der Waals surface area contributed by atoms with Crippen LogP contribution < -0.4 is 5.32 Å². The lowest BCUT2D eigenvalue weighted by Crippen LogP contribution is -2.15. The first-order valence-electron chi connectivity index (χ1n) is 7.04. The summed E-state index contributed by atoms with van der Waals surface area (Å²) in [7, 11) is 0. The molecule has 0 atom stereocenters. The zero-order valence-corrected chi connectivity index (χ0v) is 11.1. The van der Waals surface area contributed by atoms with Crippen molar-refractivity contribution >= 4 is 16.5 Å². The molecule has 1 N–H and O–H groups in total. The minimum absolute atomic E-state index is 0.612. The van der Waals surface area contributed by atoms with E-state index >= 15 is 0 Å². The van der Waals surface area contributed by atoms with Crippen molar-refractivity contribution in [2.24, 2.45) is 5.41 Å². The van der Waals surface area contributed by atoms with Gasteiger partial charge in [0, 0.05) is 12.2 Å². The molecule has 2 aromatic rings. The van der Waals surface area contributed by atoms with E-state index in [1.165, 1.54) is 42.1 Å². The number of anilines is 1. The lowest BCUT2D eigenvalue weighted by atomic mass is 10.0. The van der Waals surface area contributed by atoms with Crippen molar-refractivity contribution in [3.8, 4) is 0 Å². The molecule has 0 unspecified atom stereocenters. The molecule has 0 radical (unpaired) electrons. The van der Waals surface area contributed by atoms with Crippen LogP contribution in [0.1, 0.15) is 32.6 Å². The van der Waals surface area contributed by atoms with Crippen molar-refractivity contribution in [1.29, 1.82) is 0 Å². The van der Waals surface area contributed by atoms with Crippen molar-refractivity contribution in [1.82, 2.24) is 0 Å². The van der Waals surface area contributed by atoms with Crippen LogP contribution in [0.3, 0.4) is 0 Å². The van der Waals surface area contributed by atoms with E-state index in [4.69, 9.17) is 0 Å². The van der Waals surface area contributed by atoms with Crippen LogP contribution in [0.2, 0.25) is 0 Å². The molecule has 18 heavy (non-hydrogen) atoms. The smallest absolute Gasteiger partial charge is 0.0346 e. The van der Waals surface area contributed by atoms with Crippen molar-refractivity contribution < 1.29 is 0 Å². The molecule has 3 rings (SSSR count). The molecule has 0 aliphatic heterocycles. The van der Waals surface area contributed by atoms with Gasteiger partial charge in [0.2, 0.25) is 0 Å². The highest BCUT2D eigenvalue weighted by molar-refractivity contribution is 5.85. The zero-order chi connectivity index (χ0) is 12.4. The lowest BCUT2D eigenvalue weighted by molar-refractivity contribution is 0.486. The fourth-order valence-corrected chi connectivity index (χ4v) is 2.81. The predicted molar refractivity (Wildman–Crippen MR) is 79.0 cm³/mol. The van der Waals surface area contributed by atoms with Gasteiger partial charge in [-0.3, -0.25) is 0 Å². The summed E-state index contributed by atoms with van der Waals surface area (Å²) >= 11 is 0. The molecular weight excluding hydrogens is 218 g/mol. The minimum atomic E-state index is 0.612. The number of hydrogen-bond donors (Lipinski definition) is 1. The highest BCUT2D eigenvalue weighted by atomic mass is 14.9. The zero-order valence-electron chi connectivity index (χ0n) is 11.1. The molecule has 1 heteroatoms. The van der Waals surface area contributed by atoms with Crippen LogP contribution in [0, 0.1) is 5.41 Å². The maximum atomic E-state index is 3.62. The molecule has 0 heterocycles. The van der Waals surface area contributed by atoms with Crippen LogP contribution in [0.4, 0.5) is 5.69 Å². The summed E-state index contributed by atoms with van der Waals surface area (Å²) in [5.74, 6) is 0. The second kappa shape index (κ2) is 4.64. The second-order valence-corrected chi connectivity index (χ2v) is 5.67. The van der Waals surface area contributed by atoms with Crippen molar-refractivity contribution in [2.45, 2.75) is 32.6 Å². The third kappa shape index (κ3) is 2.35. The van der Waals surface area contributed by atoms with Gasteiger partial charge >= 0.3 is 0 Å². The molecule has 1 nitrogen and oxygen atoms in total. The largest absolute Gasteiger partial charge is 0.384 e. The standard InChI is InChI=1S/C17H21N/c1-2-9-17(10-11-17)13-18-16-8-7-14-5-3-4-6-15(14)12-16/h3-8,12,18H,2,9-11,13H2,1H3. The van der Waals surface area contributed by atoms with Gasteiger partial charge in [-0.05, 0) is 47.6 Å². The summed E-state index contributed by atoms with van der Waals surface area (Å²) in [6.45, 7) is 3.43. The van der Waals surface area contributed by atoms with Gasteiger partial charge in [-0.15, -0.1) is 0 Å². The molecule has 94 valence electrons. The van der Waals surface area contributed by atoms with E-state index in [1.54, 1.807) is 0 Å². The number of hydrogen-bond acceptors (Lipinski definition) is 1. The Labute approximate surface area is 109 Å². The van der Waals surface area contributed by atoms with Crippen LogP contribution >= 0.6 is 0 Å². The van der Waals surface area contributed by atoms with E-state index in [2.05, 4.69) is 54.7 Å². The Balaban J connectivity index is 1.71. The van der Waals surface area contributed by atoms with E-state index in [9.17, 15) is 0 Å². The Bertz CT molecular complexity index is 540. The number of benzene rings is 2. The van der Waals surface area contributed by atoms with E-state index in [1.807, 2.05) is 0 Å². The Morgan fingerprint density at radius 1 is 1.06 bits per heavy atom. The van der Waals surface area contributed by atoms with Gasteiger partial charge in [0.05, 0.1) is 0 Å². The average Bonchev–Trinajstić information content (AvgIpc) is 3.17. The highest BCUT2D eigenvalue weighted by Crippen LogP contribution is 2.49. The molecule has 2 aromatic carbocycles. The first-order valence-corrected chi connectivity index (χ1v) is 7.04. The predicted octanol–water partition coefficient (Wildman–Crippen LogP) is 4.83. The fourth-order valence-electron chi connectivity index (χ4n) is 2.81. The van der Waals surface area contributed by atoms with Gasteiger partial charge in [0.25, 0.3) is 0 Å². The Morgan fingerprint density at radius 3 is 2.56 bits per heavy atom. The number of nitrogens with one attached hydrogen (secondary N) is 1. The quantitative estimate of drug-likeness (QED) is 0.787. The number of rotatable bonds is 5. The van der Waals surface area contributed by atoms with Crippen molar-refractivity contribution in [2.75, 3.05) is 11.9 Å². The summed E-state index contributed by atoms with van der Waals surface area (Å²) in [5.41, 5.74) is 1.87. The molecule has 0 amide bonds. The van der Waals surface area contributed by atoms with Crippen LogP contribution in [0.5, 0.6) is 0 Å². The summed E-state index contributed by atoms with van der Waals surface area (Å²) in [5, 5.41) is 6.26. The van der Waals surface area contributed by atoms with Gasteiger partial charge < -0.3 is 5.32 Å². The summed E-state index contributed by atoms with van der Waals surface area (Å²) in [4.78, 5) is 0. The maximum absolute atomic E-state index is 3.62. The normalized spacial score (nSPS) is 16.7. The van der Waals surface area contributed by atoms with Gasteiger partial charge in [0.15, 0.2) is 0 Å². The third-order valence-electron chi connectivity index (χ3n) is 4.15. The third-order valence-corrected chi connectivity index (χ3v) is 4.15. The van der Waals surface area contributed by atoms with Gasteiger partial charge in [0.1, 0.15) is 0 Å². The maximum Gasteiger partial charge on any atom is 0.0346 e. The molecule has 1 aliphatic carbocycles. The lowest BCUT2D eigenvalue weighted by Gasteiger charge is -2.16. The van der Waals surface area contributed by atoms with Gasteiger partial charge in [-0.1, -0.05) is 43.7 Å². The second-order valence-electron chi connectivity index (χ2n) is 5.67. The fraction of sp³-hybridized carbons (Fsp3) is 0.412. The molecule has 0 spiro atoms. The van der Waals surface area contributed by atoms with Crippen molar-refractivity contribution in [3.05, 3.63) is 42.5 Å². The van der Waals surface area contributed by atoms with Gasteiger partial charge in [-0.25, -0.2) is 0 Å². The molecule has 1 aliphatic rings. The van der Waals surface area contributed by atoms with E-state index in [0.29, 0.717) is 5.41 Å². The average molecular weight is 239 g/mol. The summed E-state index contributed by atoms with van der Waals surface area (Å²) in [6.07, 6.45) is 5.48. The molecule has 0 bridgehead atoms. The Morgan fingerprint density at radius 2 is 1.83 bits per heavy atom. The minimum Gasteiger partial charge on any atom is -0.384 e. The van der Waals surface area contributed by atoms with E-state index in [-0.39, 0.29) is 0 Å². The Hall–Kier alpha value is -1.50. The van der Waals surface area contributed by atoms with Crippen LogP contribution in [0.25, 0.3) is 10.8 Å². The first kappa shape index (κ1) is 11.6. The topological polar surface area (TPSA) is 12.0 Å². The molecule has 0 aromatic heterocycles. The first-order chi connectivity index (χ1) is 8.81. The molecule has 1 saturated carbocycles. The molecule has 0 saturated heterocycles. The van der Waals surface area contributed by atoms with Crippen LogP contribution in [-0.4, -0.2) is 6.54 Å². The summed E-state index contributed by atoms with van der Waals surface area (Å²) < 4.78 is 0. The van der Waals surface area contributed by atoms with Crippen molar-refractivity contribution in [3.63, 3.8) is 0 Å². The SMILES string of the molecule is CCCC1(CNc2ccc3ccccc3c2)CC1. The number of fused-ring (bicyclic) bond motifs is 1. The monoisotopic (exact) mass is 239 g/mol. The molecular formula is C17H21N. The van der Waals surface area contributed by atoms with Crippen LogP contribution in [-0.2, 0) is 0 Å². The van der Waals surface area contributed by atoms with E-state index < -0.39 is 0 Å². The highest BCUT2D eigenvalue weighted by Gasteiger charge is 2.40. The Kier molecular flexibility index (Phi) is 2.99. The summed E-state index contributed by atoms with van der Waals surface area (Å²) in [6, 6.07) is 15.2. The van der Waals surface area contributed by atoms with Gasteiger partial charge in [-0.2, -0.15) is 0 Å². The van der Waals surface area contributed by atoms with Crippen LogP contribution in [0.15, 0.2) is 42.5 Å².